The van der Waals surface area contributed by atoms with Crippen molar-refractivity contribution in [2.45, 2.75) is 18.5 Å². The number of para-hydroxylation sites is 2. The summed E-state index contributed by atoms with van der Waals surface area (Å²) in [5.74, 6) is 0.382. The van der Waals surface area contributed by atoms with E-state index in [1.807, 2.05) is 19.1 Å². The molecular formula is C14H16N2O3S. The number of benzene rings is 1. The second-order valence-electron chi connectivity index (χ2n) is 4.07. The van der Waals surface area contributed by atoms with Gasteiger partial charge in [0, 0.05) is 0 Å². The molecular weight excluding hydrogens is 276 g/mol. The summed E-state index contributed by atoms with van der Waals surface area (Å²) in [6.45, 7) is 1.81. The number of aromatic nitrogens is 2. The van der Waals surface area contributed by atoms with Gasteiger partial charge in [-0.05, 0) is 24.8 Å². The lowest BCUT2D eigenvalue weighted by molar-refractivity contribution is 0.408. The van der Waals surface area contributed by atoms with Crippen molar-refractivity contribution in [1.82, 2.24) is 9.55 Å². The Labute approximate surface area is 121 Å². The van der Waals surface area contributed by atoms with Gasteiger partial charge in [0.2, 0.25) is 5.88 Å². The largest absolute Gasteiger partial charge is 0.495 e. The van der Waals surface area contributed by atoms with Gasteiger partial charge in [-0.1, -0.05) is 30.8 Å². The van der Waals surface area contributed by atoms with Gasteiger partial charge in [0.15, 0.2) is 5.16 Å². The second kappa shape index (κ2) is 6.00. The van der Waals surface area contributed by atoms with Crippen molar-refractivity contribution in [2.75, 3.05) is 13.4 Å². The van der Waals surface area contributed by atoms with Gasteiger partial charge < -0.3 is 9.84 Å². The first-order chi connectivity index (χ1) is 9.63. The summed E-state index contributed by atoms with van der Waals surface area (Å²) in [6, 6.07) is 7.23. The molecule has 0 aliphatic carbocycles. The van der Waals surface area contributed by atoms with Crippen LogP contribution in [0.4, 0.5) is 0 Å². The van der Waals surface area contributed by atoms with Crippen molar-refractivity contribution in [2.24, 2.45) is 0 Å². The molecule has 0 radical (unpaired) electrons. The minimum atomic E-state index is -0.270. The number of thioether (sulfide) groups is 1. The van der Waals surface area contributed by atoms with Gasteiger partial charge in [0.05, 0.1) is 18.4 Å². The predicted molar refractivity (Wildman–Crippen MR) is 79.2 cm³/mol. The van der Waals surface area contributed by atoms with E-state index in [9.17, 15) is 9.90 Å². The minimum absolute atomic E-state index is 0.201. The Morgan fingerprint density at radius 3 is 2.70 bits per heavy atom. The first kappa shape index (κ1) is 14.5. The van der Waals surface area contributed by atoms with E-state index in [1.54, 1.807) is 25.5 Å². The van der Waals surface area contributed by atoms with Crippen LogP contribution >= 0.6 is 11.8 Å². The number of hydrogen-bond donors (Lipinski definition) is 1. The molecule has 0 aliphatic heterocycles. The van der Waals surface area contributed by atoms with Gasteiger partial charge in [-0.25, -0.2) is 0 Å². The zero-order valence-corrected chi connectivity index (χ0v) is 12.4. The highest BCUT2D eigenvalue weighted by atomic mass is 32.2. The van der Waals surface area contributed by atoms with Gasteiger partial charge in [-0.15, -0.1) is 0 Å². The van der Waals surface area contributed by atoms with Crippen molar-refractivity contribution in [1.29, 1.82) is 0 Å². The molecule has 2 aromatic rings. The molecule has 0 unspecified atom stereocenters. The Balaban J connectivity index is 2.82. The SMILES string of the molecule is CCc1c(O)nc(SC)n(-c2ccccc2OC)c1=O. The molecule has 1 aromatic carbocycles. The van der Waals surface area contributed by atoms with E-state index in [0.717, 1.165) is 0 Å². The molecule has 2 rings (SSSR count). The molecule has 20 heavy (non-hydrogen) atoms. The lowest BCUT2D eigenvalue weighted by Gasteiger charge is -2.15. The van der Waals surface area contributed by atoms with E-state index in [2.05, 4.69) is 4.98 Å². The molecule has 0 aliphatic rings. The maximum atomic E-state index is 12.6. The highest BCUT2D eigenvalue weighted by molar-refractivity contribution is 7.98. The molecule has 0 fully saturated rings. The van der Waals surface area contributed by atoms with Crippen LogP contribution in [0.2, 0.25) is 0 Å². The molecule has 6 heteroatoms. The first-order valence-electron chi connectivity index (χ1n) is 6.16. The van der Waals surface area contributed by atoms with Crippen LogP contribution in [0, 0.1) is 0 Å². The summed E-state index contributed by atoms with van der Waals surface area (Å²) in [7, 11) is 1.55. The number of methoxy groups -OCH3 is 1. The molecule has 1 heterocycles. The van der Waals surface area contributed by atoms with Gasteiger partial charge >= 0.3 is 0 Å². The number of hydrogen-bond acceptors (Lipinski definition) is 5. The molecule has 106 valence electrons. The highest BCUT2D eigenvalue weighted by Crippen LogP contribution is 2.26. The zero-order valence-electron chi connectivity index (χ0n) is 11.6. The van der Waals surface area contributed by atoms with Crippen molar-refractivity contribution < 1.29 is 9.84 Å². The predicted octanol–water partition coefficient (Wildman–Crippen LogP) is 2.23. The van der Waals surface area contributed by atoms with Crippen molar-refractivity contribution in [3.05, 3.63) is 40.2 Å². The summed E-state index contributed by atoms with van der Waals surface area (Å²) < 4.78 is 6.77. The third kappa shape index (κ3) is 2.38. The Kier molecular flexibility index (Phi) is 4.34. The summed E-state index contributed by atoms with van der Waals surface area (Å²) in [4.78, 5) is 16.7. The highest BCUT2D eigenvalue weighted by Gasteiger charge is 2.17. The molecule has 0 spiro atoms. The number of aromatic hydroxyl groups is 1. The topological polar surface area (TPSA) is 64.3 Å². The van der Waals surface area contributed by atoms with Crippen LogP contribution in [-0.4, -0.2) is 28.0 Å². The average molecular weight is 292 g/mol. The Bertz CT molecular complexity index is 683. The summed E-state index contributed by atoms with van der Waals surface area (Å²) >= 11 is 1.29. The number of ether oxygens (including phenoxy) is 1. The quantitative estimate of drug-likeness (QED) is 0.691. The summed E-state index contributed by atoms with van der Waals surface area (Å²) in [5.41, 5.74) is 0.647. The van der Waals surface area contributed by atoms with E-state index in [4.69, 9.17) is 4.74 Å². The van der Waals surface area contributed by atoms with Crippen LogP contribution in [0.1, 0.15) is 12.5 Å². The average Bonchev–Trinajstić information content (AvgIpc) is 2.47. The first-order valence-corrected chi connectivity index (χ1v) is 7.38. The van der Waals surface area contributed by atoms with Gasteiger partial charge in [-0.2, -0.15) is 4.98 Å². The van der Waals surface area contributed by atoms with Crippen LogP contribution < -0.4 is 10.3 Å². The normalized spacial score (nSPS) is 10.6. The van der Waals surface area contributed by atoms with E-state index in [0.29, 0.717) is 28.6 Å². The van der Waals surface area contributed by atoms with Gasteiger partial charge in [-0.3, -0.25) is 9.36 Å². The molecule has 5 nitrogen and oxygen atoms in total. The number of rotatable bonds is 4. The lowest BCUT2D eigenvalue weighted by atomic mass is 10.2. The van der Waals surface area contributed by atoms with Crippen LogP contribution in [0.25, 0.3) is 5.69 Å². The fraction of sp³-hybridized carbons (Fsp3) is 0.286. The Morgan fingerprint density at radius 1 is 1.40 bits per heavy atom. The molecule has 0 atom stereocenters. The second-order valence-corrected chi connectivity index (χ2v) is 4.84. The van der Waals surface area contributed by atoms with Crippen LogP contribution in [-0.2, 0) is 6.42 Å². The van der Waals surface area contributed by atoms with Gasteiger partial charge in [0.1, 0.15) is 5.75 Å². The van der Waals surface area contributed by atoms with E-state index >= 15 is 0 Å². The minimum Gasteiger partial charge on any atom is -0.495 e. The smallest absolute Gasteiger partial charge is 0.265 e. The molecule has 0 saturated heterocycles. The van der Waals surface area contributed by atoms with Crippen molar-refractivity contribution in [3.63, 3.8) is 0 Å². The summed E-state index contributed by atoms with van der Waals surface area (Å²) in [5, 5.41) is 10.3. The standard InChI is InChI=1S/C14H16N2O3S/c1-4-9-12(17)15-14(20-3)16(13(9)18)10-7-5-6-8-11(10)19-2/h5-8,17H,4H2,1-3H3. The Morgan fingerprint density at radius 2 is 2.10 bits per heavy atom. The third-order valence-electron chi connectivity index (χ3n) is 2.99. The van der Waals surface area contributed by atoms with E-state index in [1.165, 1.54) is 16.3 Å². The molecule has 0 amide bonds. The van der Waals surface area contributed by atoms with Crippen molar-refractivity contribution >= 4 is 11.8 Å². The molecule has 1 N–H and O–H groups in total. The van der Waals surface area contributed by atoms with E-state index < -0.39 is 0 Å². The van der Waals surface area contributed by atoms with Gasteiger partial charge in [0.25, 0.3) is 5.56 Å². The van der Waals surface area contributed by atoms with Crippen LogP contribution in [0.15, 0.2) is 34.2 Å². The van der Waals surface area contributed by atoms with Crippen LogP contribution in [0.5, 0.6) is 11.6 Å². The monoisotopic (exact) mass is 292 g/mol. The van der Waals surface area contributed by atoms with Crippen LogP contribution in [0.3, 0.4) is 0 Å². The Hall–Kier alpha value is -1.95. The maximum absolute atomic E-state index is 12.6. The fourth-order valence-electron chi connectivity index (χ4n) is 2.00. The number of nitrogens with zero attached hydrogens (tertiary/aromatic N) is 2. The maximum Gasteiger partial charge on any atom is 0.265 e. The third-order valence-corrected chi connectivity index (χ3v) is 3.63. The van der Waals surface area contributed by atoms with E-state index in [-0.39, 0.29) is 11.4 Å². The molecule has 0 saturated carbocycles. The fourth-order valence-corrected chi connectivity index (χ4v) is 2.54. The molecule has 1 aromatic heterocycles. The summed E-state index contributed by atoms with van der Waals surface area (Å²) in [6.07, 6.45) is 2.22. The zero-order chi connectivity index (χ0) is 14.7. The molecule has 0 bridgehead atoms. The van der Waals surface area contributed by atoms with Crippen molar-refractivity contribution in [3.8, 4) is 17.3 Å². The lowest BCUT2D eigenvalue weighted by Crippen LogP contribution is -2.25.